The molecule has 0 aliphatic heterocycles. The number of ether oxygens (including phenoxy) is 1. The van der Waals surface area contributed by atoms with Gasteiger partial charge in [-0.2, -0.15) is 0 Å². The van der Waals surface area contributed by atoms with Gasteiger partial charge in [0.25, 0.3) is 0 Å². The molecule has 25 heavy (non-hydrogen) atoms. The lowest BCUT2D eigenvalue weighted by Crippen LogP contribution is -2.76. The lowest BCUT2D eigenvalue weighted by atomic mass is 10.0. The normalized spacial score (nSPS) is 10.7. The second-order valence-electron chi connectivity index (χ2n) is 5.58. The lowest BCUT2D eigenvalue weighted by Gasteiger charge is -2.10. The Kier molecular flexibility index (Phi) is 5.31. The van der Waals surface area contributed by atoms with Crippen LogP contribution in [-0.4, -0.2) is 7.11 Å². The molecular weight excluding hydrogens is 344 g/mol. The quantitative estimate of drug-likeness (QED) is 0.656. The molecule has 0 unspecified atom stereocenters. The number of halogens is 3. The van der Waals surface area contributed by atoms with Crippen molar-refractivity contribution in [2.45, 2.75) is 6.54 Å². The van der Waals surface area contributed by atoms with E-state index in [0.29, 0.717) is 5.02 Å². The van der Waals surface area contributed by atoms with E-state index < -0.39 is 11.6 Å². The number of hydrogen-bond acceptors (Lipinski definition) is 1. The maximum absolute atomic E-state index is 13.7. The van der Waals surface area contributed by atoms with E-state index in [1.54, 1.807) is 18.5 Å². The molecule has 0 saturated heterocycles. The maximum Gasteiger partial charge on any atom is 0.135 e. The minimum absolute atomic E-state index is 0.0723. The van der Waals surface area contributed by atoms with Gasteiger partial charge in [-0.05, 0) is 60.2 Å². The lowest BCUT2D eigenvalue weighted by molar-refractivity contribution is -0.589. The van der Waals surface area contributed by atoms with Crippen LogP contribution in [0, 0.1) is 11.6 Å². The van der Waals surface area contributed by atoms with Gasteiger partial charge in [-0.15, -0.1) is 0 Å². The van der Waals surface area contributed by atoms with Gasteiger partial charge in [-0.25, -0.2) is 8.78 Å². The third kappa shape index (κ3) is 3.98. The highest BCUT2D eigenvalue weighted by molar-refractivity contribution is 6.31. The minimum atomic E-state index is -0.531. The fraction of sp³-hybridized carbons (Fsp3) is 0.100. The highest BCUT2D eigenvalue weighted by Crippen LogP contribution is 2.32. The zero-order valence-corrected chi connectivity index (χ0v) is 14.4. The molecule has 0 saturated carbocycles. The number of methoxy groups -OCH3 is 1. The molecule has 2 nitrogen and oxygen atoms in total. The summed E-state index contributed by atoms with van der Waals surface area (Å²) in [4.78, 5) is 0. The molecule has 3 rings (SSSR count). The van der Waals surface area contributed by atoms with E-state index in [-0.39, 0.29) is 12.1 Å². The number of quaternary nitrogens is 1. The van der Waals surface area contributed by atoms with E-state index in [2.05, 4.69) is 0 Å². The summed E-state index contributed by atoms with van der Waals surface area (Å²) in [6.07, 6.45) is 0. The van der Waals surface area contributed by atoms with E-state index in [4.69, 9.17) is 16.3 Å². The van der Waals surface area contributed by atoms with Gasteiger partial charge in [0.15, 0.2) is 0 Å². The predicted octanol–water partition coefficient (Wildman–Crippen LogP) is 4.69. The molecule has 5 heteroatoms. The Morgan fingerprint density at radius 3 is 2.28 bits per heavy atom. The van der Waals surface area contributed by atoms with Crippen LogP contribution in [0.3, 0.4) is 0 Å². The molecule has 0 fully saturated rings. The summed E-state index contributed by atoms with van der Waals surface area (Å²) in [6, 6.07) is 17.0. The van der Waals surface area contributed by atoms with Gasteiger partial charge in [-0.1, -0.05) is 17.7 Å². The first-order chi connectivity index (χ1) is 12.1. The van der Waals surface area contributed by atoms with Crippen molar-refractivity contribution >= 4 is 17.3 Å². The van der Waals surface area contributed by atoms with Crippen molar-refractivity contribution in [3.63, 3.8) is 0 Å². The monoisotopic (exact) mass is 360 g/mol. The average Bonchev–Trinajstić information content (AvgIpc) is 2.62. The largest absolute Gasteiger partial charge is 0.496 e. The first-order valence-electron chi connectivity index (χ1n) is 7.78. The van der Waals surface area contributed by atoms with Crippen molar-refractivity contribution < 1.29 is 18.8 Å². The van der Waals surface area contributed by atoms with Crippen molar-refractivity contribution in [3.05, 3.63) is 82.9 Å². The molecule has 3 aromatic carbocycles. The van der Waals surface area contributed by atoms with E-state index in [1.165, 1.54) is 18.2 Å². The standard InChI is InChI=1S/C20H16ClF2NO/c1-25-20-10-7-14(21)11-16(20)13-5-8-15(9-6-13)24-12-17-18(22)3-2-4-19(17)23/h2-11,24H,12H2,1H3/p+1. The number of hydrogen-bond donors (Lipinski definition) is 1. The minimum Gasteiger partial charge on any atom is -0.496 e. The van der Waals surface area contributed by atoms with Crippen LogP contribution >= 0.6 is 11.6 Å². The summed E-state index contributed by atoms with van der Waals surface area (Å²) in [6.45, 7) is 0.193. The average molecular weight is 361 g/mol. The summed E-state index contributed by atoms with van der Waals surface area (Å²) >= 11 is 6.07. The van der Waals surface area contributed by atoms with Gasteiger partial charge in [0.05, 0.1) is 12.7 Å². The summed E-state index contributed by atoms with van der Waals surface area (Å²) in [5.41, 5.74) is 2.80. The molecule has 0 aliphatic rings. The molecule has 128 valence electrons. The van der Waals surface area contributed by atoms with Crippen molar-refractivity contribution in [1.29, 1.82) is 0 Å². The Labute approximate surface area is 150 Å². The maximum atomic E-state index is 13.7. The third-order valence-corrected chi connectivity index (χ3v) is 4.22. The smallest absolute Gasteiger partial charge is 0.135 e. The van der Waals surface area contributed by atoms with Crippen LogP contribution in [0.15, 0.2) is 60.7 Å². The van der Waals surface area contributed by atoms with Crippen LogP contribution in [0.5, 0.6) is 5.75 Å². The summed E-state index contributed by atoms with van der Waals surface area (Å²) < 4.78 is 32.7. The molecule has 0 aliphatic carbocycles. The summed E-state index contributed by atoms with van der Waals surface area (Å²) in [5, 5.41) is 2.42. The molecule has 3 aromatic rings. The van der Waals surface area contributed by atoms with Gasteiger partial charge < -0.3 is 10.1 Å². The van der Waals surface area contributed by atoms with E-state index >= 15 is 0 Å². The first-order valence-corrected chi connectivity index (χ1v) is 8.16. The SMILES string of the molecule is COc1ccc(Cl)cc1-c1ccc([NH2+]Cc2c(F)cccc2F)cc1. The van der Waals surface area contributed by atoms with Gasteiger partial charge in [-0.3, -0.25) is 0 Å². The molecule has 0 heterocycles. The van der Waals surface area contributed by atoms with Crippen LogP contribution in [0.25, 0.3) is 11.1 Å². The van der Waals surface area contributed by atoms with Gasteiger partial charge in [0.1, 0.15) is 29.6 Å². The van der Waals surface area contributed by atoms with Crippen molar-refractivity contribution in [2.24, 2.45) is 0 Å². The number of nitrogens with two attached hydrogens (primary N) is 1. The van der Waals surface area contributed by atoms with Gasteiger partial charge in [0.2, 0.25) is 0 Å². The van der Waals surface area contributed by atoms with E-state index in [0.717, 1.165) is 22.6 Å². The molecule has 0 radical (unpaired) electrons. The Balaban J connectivity index is 1.78. The number of benzene rings is 3. The molecular formula is C20H17ClF2NO+. The van der Waals surface area contributed by atoms with E-state index in [9.17, 15) is 8.78 Å². The van der Waals surface area contributed by atoms with Crippen molar-refractivity contribution in [1.82, 2.24) is 0 Å². The Bertz CT molecular complexity index is 861. The fourth-order valence-corrected chi connectivity index (χ4v) is 2.82. The van der Waals surface area contributed by atoms with Crippen LogP contribution in [0.4, 0.5) is 14.5 Å². The molecule has 0 amide bonds. The fourth-order valence-electron chi connectivity index (χ4n) is 2.65. The third-order valence-electron chi connectivity index (χ3n) is 3.99. The van der Waals surface area contributed by atoms with Crippen molar-refractivity contribution in [3.8, 4) is 16.9 Å². The highest BCUT2D eigenvalue weighted by atomic mass is 35.5. The topological polar surface area (TPSA) is 25.8 Å². The molecule has 0 bridgehead atoms. The van der Waals surface area contributed by atoms with Crippen LogP contribution in [-0.2, 0) is 6.54 Å². The first kappa shape index (κ1) is 17.4. The Morgan fingerprint density at radius 2 is 1.64 bits per heavy atom. The zero-order valence-electron chi connectivity index (χ0n) is 13.6. The second kappa shape index (κ2) is 7.64. The molecule has 2 N–H and O–H groups in total. The second-order valence-corrected chi connectivity index (χ2v) is 6.01. The summed E-state index contributed by atoms with van der Waals surface area (Å²) in [5.74, 6) is -0.331. The van der Waals surface area contributed by atoms with Crippen LogP contribution < -0.4 is 10.1 Å². The summed E-state index contributed by atoms with van der Waals surface area (Å²) in [7, 11) is 1.61. The van der Waals surface area contributed by atoms with Crippen LogP contribution in [0.1, 0.15) is 5.56 Å². The predicted molar refractivity (Wildman–Crippen MR) is 95.1 cm³/mol. The van der Waals surface area contributed by atoms with Gasteiger partial charge in [0, 0.05) is 10.6 Å². The van der Waals surface area contributed by atoms with Crippen LogP contribution in [0.2, 0.25) is 5.02 Å². The van der Waals surface area contributed by atoms with Crippen molar-refractivity contribution in [2.75, 3.05) is 7.11 Å². The highest BCUT2D eigenvalue weighted by Gasteiger charge is 2.11. The van der Waals surface area contributed by atoms with Gasteiger partial charge >= 0.3 is 0 Å². The Hall–Kier alpha value is -2.43. The molecule has 0 spiro atoms. The zero-order chi connectivity index (χ0) is 17.8. The molecule has 0 atom stereocenters. The molecule has 0 aromatic heterocycles. The number of rotatable bonds is 5. The Morgan fingerprint density at radius 1 is 0.960 bits per heavy atom. The van der Waals surface area contributed by atoms with E-state index in [1.807, 2.05) is 36.4 Å².